The first-order chi connectivity index (χ1) is 15.5. The second-order valence-corrected chi connectivity index (χ2v) is 7.57. The zero-order valence-corrected chi connectivity index (χ0v) is 17.8. The summed E-state index contributed by atoms with van der Waals surface area (Å²) in [7, 11) is 0. The fourth-order valence-electron chi connectivity index (χ4n) is 3.69. The lowest BCUT2D eigenvalue weighted by atomic mass is 10.1. The summed E-state index contributed by atoms with van der Waals surface area (Å²) in [5, 5.41) is 0.803. The van der Waals surface area contributed by atoms with E-state index in [4.69, 9.17) is 14.2 Å². The molecule has 1 amide bonds. The quantitative estimate of drug-likeness (QED) is 0.611. The van der Waals surface area contributed by atoms with Crippen molar-refractivity contribution in [2.75, 3.05) is 33.0 Å². The Morgan fingerprint density at radius 2 is 2.00 bits per heavy atom. The fraction of sp³-hybridized carbons (Fsp3) is 0.333. The molecule has 4 rings (SSSR count). The van der Waals surface area contributed by atoms with Gasteiger partial charge in [0.15, 0.2) is 0 Å². The Morgan fingerprint density at radius 1 is 1.19 bits per heavy atom. The summed E-state index contributed by atoms with van der Waals surface area (Å²) in [6, 6.07) is 12.5. The molecule has 0 saturated carbocycles. The molecule has 0 bridgehead atoms. The highest BCUT2D eigenvalue weighted by atomic mass is 19.1. The normalized spacial score (nSPS) is 16.1. The van der Waals surface area contributed by atoms with Gasteiger partial charge in [0.25, 0.3) is 11.5 Å². The first-order valence-corrected chi connectivity index (χ1v) is 10.6. The summed E-state index contributed by atoms with van der Waals surface area (Å²) in [5.74, 6) is -0.0417. The highest BCUT2D eigenvalue weighted by molar-refractivity contribution is 5.94. The number of aromatic nitrogens is 1. The number of benzene rings is 2. The van der Waals surface area contributed by atoms with E-state index >= 15 is 0 Å². The average Bonchev–Trinajstić information content (AvgIpc) is 2.80. The molecule has 0 spiro atoms. The minimum atomic E-state index is -0.423. The minimum absolute atomic E-state index is 0.0696. The largest absolute Gasteiger partial charge is 0.494 e. The molecule has 3 aromatic rings. The summed E-state index contributed by atoms with van der Waals surface area (Å²) in [6.07, 6.45) is -0.308. The first-order valence-electron chi connectivity index (χ1n) is 10.6. The molecule has 168 valence electrons. The molecule has 1 fully saturated rings. The van der Waals surface area contributed by atoms with Gasteiger partial charge in [0, 0.05) is 28.6 Å². The first kappa shape index (κ1) is 22.0. The maximum atomic E-state index is 13.3. The van der Waals surface area contributed by atoms with Crippen molar-refractivity contribution in [2.45, 2.75) is 19.6 Å². The number of hydrogen-bond donors (Lipinski definition) is 1. The number of fused-ring (bicyclic) bond motifs is 1. The Bertz CT molecular complexity index is 1140. The predicted octanol–water partition coefficient (Wildman–Crippen LogP) is 3.12. The van der Waals surface area contributed by atoms with Gasteiger partial charge in [-0.05, 0) is 55.5 Å². The molecular weight excluding hydrogens is 415 g/mol. The Kier molecular flexibility index (Phi) is 6.82. The van der Waals surface area contributed by atoms with Gasteiger partial charge in [0.05, 0.1) is 39.1 Å². The summed E-state index contributed by atoms with van der Waals surface area (Å²) < 4.78 is 30.1. The van der Waals surface area contributed by atoms with Gasteiger partial charge in [-0.15, -0.1) is 0 Å². The van der Waals surface area contributed by atoms with E-state index in [1.807, 2.05) is 13.0 Å². The molecule has 1 aromatic heterocycles. The fourth-order valence-corrected chi connectivity index (χ4v) is 3.69. The monoisotopic (exact) mass is 440 g/mol. The van der Waals surface area contributed by atoms with E-state index in [9.17, 15) is 14.0 Å². The summed E-state index contributed by atoms with van der Waals surface area (Å²) in [4.78, 5) is 30.4. The van der Waals surface area contributed by atoms with Crippen LogP contribution in [0.15, 0.2) is 53.3 Å². The van der Waals surface area contributed by atoms with Crippen LogP contribution in [0.1, 0.15) is 22.8 Å². The maximum absolute atomic E-state index is 13.3. The van der Waals surface area contributed by atoms with E-state index in [-0.39, 0.29) is 30.7 Å². The topological polar surface area (TPSA) is 80.9 Å². The molecule has 1 saturated heterocycles. The van der Waals surface area contributed by atoms with E-state index in [2.05, 4.69) is 4.98 Å². The van der Waals surface area contributed by atoms with E-state index < -0.39 is 5.82 Å². The number of nitrogens with zero attached hydrogens (tertiary/aromatic N) is 1. The third-order valence-corrected chi connectivity index (χ3v) is 5.25. The van der Waals surface area contributed by atoms with Crippen LogP contribution < -0.4 is 10.3 Å². The Balaban J connectivity index is 1.65. The van der Waals surface area contributed by atoms with Crippen molar-refractivity contribution in [1.82, 2.24) is 9.88 Å². The summed E-state index contributed by atoms with van der Waals surface area (Å²) in [5.41, 5.74) is 1.17. The smallest absolute Gasteiger partial charge is 0.254 e. The van der Waals surface area contributed by atoms with E-state index in [1.54, 1.807) is 18.2 Å². The van der Waals surface area contributed by atoms with Crippen LogP contribution in [-0.4, -0.2) is 54.9 Å². The molecular formula is C24H25FN2O5. The van der Waals surface area contributed by atoms with Crippen LogP contribution in [-0.2, 0) is 16.0 Å². The summed E-state index contributed by atoms with van der Waals surface area (Å²) >= 11 is 0. The van der Waals surface area contributed by atoms with Gasteiger partial charge in [0.2, 0.25) is 0 Å². The van der Waals surface area contributed by atoms with Gasteiger partial charge in [-0.1, -0.05) is 0 Å². The van der Waals surface area contributed by atoms with Crippen LogP contribution in [0.2, 0.25) is 0 Å². The maximum Gasteiger partial charge on any atom is 0.254 e. The van der Waals surface area contributed by atoms with E-state index in [0.29, 0.717) is 48.8 Å². The number of amides is 1. The lowest BCUT2D eigenvalue weighted by Crippen LogP contribution is -2.43. The molecule has 0 aliphatic carbocycles. The van der Waals surface area contributed by atoms with Crippen molar-refractivity contribution in [3.63, 3.8) is 0 Å². The lowest BCUT2D eigenvalue weighted by Gasteiger charge is -2.30. The second kappa shape index (κ2) is 9.93. The van der Waals surface area contributed by atoms with Crippen molar-refractivity contribution < 1.29 is 23.4 Å². The molecule has 1 N–H and O–H groups in total. The number of aromatic amines is 1. The molecule has 1 aliphatic heterocycles. The minimum Gasteiger partial charge on any atom is -0.494 e. The predicted molar refractivity (Wildman–Crippen MR) is 117 cm³/mol. The second-order valence-electron chi connectivity index (χ2n) is 7.57. The van der Waals surface area contributed by atoms with Gasteiger partial charge in [-0.2, -0.15) is 0 Å². The molecule has 1 atom stereocenters. The number of hydrogen-bond acceptors (Lipinski definition) is 5. The molecule has 0 unspecified atom stereocenters. The Labute approximate surface area is 184 Å². The number of ether oxygens (including phenoxy) is 3. The molecule has 1 aliphatic rings. The zero-order valence-electron chi connectivity index (χ0n) is 17.8. The highest BCUT2D eigenvalue weighted by Gasteiger charge is 2.24. The number of rotatable bonds is 7. The van der Waals surface area contributed by atoms with Crippen molar-refractivity contribution >= 4 is 16.8 Å². The van der Waals surface area contributed by atoms with Gasteiger partial charge in [0.1, 0.15) is 11.6 Å². The van der Waals surface area contributed by atoms with Gasteiger partial charge < -0.3 is 24.1 Å². The number of pyridine rings is 1. The van der Waals surface area contributed by atoms with Gasteiger partial charge in [-0.25, -0.2) is 4.39 Å². The molecule has 2 heterocycles. The van der Waals surface area contributed by atoms with Crippen LogP contribution in [0, 0.1) is 5.82 Å². The SMILES string of the molecule is CCOc1ccc2[nH]c(=O)c(CN(C[C@H]3COCCO3)C(=O)c3ccc(F)cc3)cc2c1. The number of carbonyl (C=O) groups is 1. The number of nitrogens with one attached hydrogen (secondary N) is 1. The van der Waals surface area contributed by atoms with Gasteiger partial charge in [-0.3, -0.25) is 9.59 Å². The van der Waals surface area contributed by atoms with Crippen LogP contribution >= 0.6 is 0 Å². The molecule has 7 nitrogen and oxygen atoms in total. The van der Waals surface area contributed by atoms with Crippen LogP contribution in [0.5, 0.6) is 5.75 Å². The van der Waals surface area contributed by atoms with E-state index in [0.717, 1.165) is 5.39 Å². The van der Waals surface area contributed by atoms with Crippen molar-refractivity contribution in [3.05, 3.63) is 75.8 Å². The third-order valence-electron chi connectivity index (χ3n) is 5.25. The molecule has 2 aromatic carbocycles. The zero-order chi connectivity index (χ0) is 22.5. The molecule has 8 heteroatoms. The van der Waals surface area contributed by atoms with Crippen LogP contribution in [0.4, 0.5) is 4.39 Å². The average molecular weight is 440 g/mol. The molecule has 0 radical (unpaired) electrons. The third kappa shape index (κ3) is 5.15. The highest BCUT2D eigenvalue weighted by Crippen LogP contribution is 2.20. The molecule has 32 heavy (non-hydrogen) atoms. The Morgan fingerprint density at radius 3 is 2.72 bits per heavy atom. The van der Waals surface area contributed by atoms with Crippen molar-refractivity contribution in [2.24, 2.45) is 0 Å². The van der Waals surface area contributed by atoms with Crippen LogP contribution in [0.3, 0.4) is 0 Å². The van der Waals surface area contributed by atoms with Gasteiger partial charge >= 0.3 is 0 Å². The number of carbonyl (C=O) groups excluding carboxylic acids is 1. The van der Waals surface area contributed by atoms with E-state index in [1.165, 1.54) is 29.2 Å². The van der Waals surface area contributed by atoms with Crippen molar-refractivity contribution in [3.8, 4) is 5.75 Å². The lowest BCUT2D eigenvalue weighted by molar-refractivity contribution is -0.0953. The summed E-state index contributed by atoms with van der Waals surface area (Å²) in [6.45, 7) is 4.06. The van der Waals surface area contributed by atoms with Crippen LogP contribution in [0.25, 0.3) is 10.9 Å². The number of H-pyrrole nitrogens is 1. The number of halogens is 1. The van der Waals surface area contributed by atoms with Crippen molar-refractivity contribution in [1.29, 1.82) is 0 Å². The standard InChI is InChI=1S/C24H25FN2O5/c1-2-31-20-7-8-22-17(12-20)11-18(23(28)26-22)13-27(14-21-15-30-9-10-32-21)24(29)16-3-5-19(25)6-4-16/h3-8,11-12,21H,2,9-10,13-15H2,1H3,(H,26,28)/t21-/m0/s1. The Hall–Kier alpha value is -3.23.